The number of carbonyl (C=O) groups is 1. The van der Waals surface area contributed by atoms with Crippen molar-refractivity contribution >= 4 is 11.7 Å². The number of ether oxygens (including phenoxy) is 1. The lowest BCUT2D eigenvalue weighted by atomic mass is 10.3. The highest BCUT2D eigenvalue weighted by Gasteiger charge is 2.06. The molecule has 0 aliphatic carbocycles. The minimum Gasteiger partial charge on any atom is -0.461 e. The zero-order valence-corrected chi connectivity index (χ0v) is 7.06. The first kappa shape index (κ1) is 9.31. The standard InChI is InChI=1S/C8H8N2O3/c1-2-13-8(11)7-4-3-6(10-12)5-9-7/h3-5H,2H2,1H3. The Balaban J connectivity index is 2.79. The van der Waals surface area contributed by atoms with Crippen molar-refractivity contribution in [1.82, 2.24) is 4.98 Å². The molecule has 1 aromatic rings. The quantitative estimate of drug-likeness (QED) is 0.524. The number of hydrogen-bond donors (Lipinski definition) is 0. The second-order valence-corrected chi connectivity index (χ2v) is 2.21. The molecule has 13 heavy (non-hydrogen) atoms. The number of aromatic nitrogens is 1. The van der Waals surface area contributed by atoms with Gasteiger partial charge in [-0.3, -0.25) is 0 Å². The Kier molecular flexibility index (Phi) is 3.08. The maximum absolute atomic E-state index is 11.1. The molecule has 0 aliphatic heterocycles. The van der Waals surface area contributed by atoms with Crippen LogP contribution in [0.1, 0.15) is 17.4 Å². The van der Waals surface area contributed by atoms with Crippen LogP contribution in [0.5, 0.6) is 0 Å². The Hall–Kier alpha value is -1.78. The Morgan fingerprint density at radius 2 is 2.38 bits per heavy atom. The number of nitroso groups, excluding NO2 is 1. The summed E-state index contributed by atoms with van der Waals surface area (Å²) in [7, 11) is 0. The Labute approximate surface area is 74.7 Å². The van der Waals surface area contributed by atoms with Crippen molar-refractivity contribution in [2.75, 3.05) is 6.61 Å². The van der Waals surface area contributed by atoms with E-state index in [1.165, 1.54) is 18.3 Å². The molecule has 0 saturated carbocycles. The molecule has 5 nitrogen and oxygen atoms in total. The minimum absolute atomic E-state index is 0.175. The fourth-order valence-corrected chi connectivity index (χ4v) is 0.766. The number of nitrogens with zero attached hydrogens (tertiary/aromatic N) is 2. The van der Waals surface area contributed by atoms with E-state index in [0.717, 1.165) is 0 Å². The molecular formula is C8H8N2O3. The second-order valence-electron chi connectivity index (χ2n) is 2.21. The van der Waals surface area contributed by atoms with Crippen molar-refractivity contribution < 1.29 is 9.53 Å². The smallest absolute Gasteiger partial charge is 0.356 e. The summed E-state index contributed by atoms with van der Waals surface area (Å²) in [5.41, 5.74) is 0.363. The molecule has 0 aliphatic rings. The van der Waals surface area contributed by atoms with E-state index in [1.54, 1.807) is 6.92 Å². The third-order valence-corrected chi connectivity index (χ3v) is 1.34. The van der Waals surface area contributed by atoms with Crippen LogP contribution in [0.3, 0.4) is 0 Å². The van der Waals surface area contributed by atoms with Gasteiger partial charge in [0.2, 0.25) is 0 Å². The molecule has 1 rings (SSSR count). The van der Waals surface area contributed by atoms with Gasteiger partial charge in [-0.05, 0) is 24.2 Å². The lowest BCUT2D eigenvalue weighted by molar-refractivity contribution is 0.0519. The zero-order valence-electron chi connectivity index (χ0n) is 7.06. The fraction of sp³-hybridized carbons (Fsp3) is 0.250. The maximum atomic E-state index is 11.1. The van der Waals surface area contributed by atoms with Crippen molar-refractivity contribution in [1.29, 1.82) is 0 Å². The number of esters is 1. The Morgan fingerprint density at radius 3 is 2.85 bits per heavy atom. The van der Waals surface area contributed by atoms with Gasteiger partial charge in [-0.25, -0.2) is 9.78 Å². The van der Waals surface area contributed by atoms with Crippen LogP contribution in [-0.2, 0) is 4.74 Å². The van der Waals surface area contributed by atoms with E-state index in [-0.39, 0.29) is 11.4 Å². The van der Waals surface area contributed by atoms with Gasteiger partial charge in [-0.1, -0.05) is 0 Å². The lowest BCUT2D eigenvalue weighted by Gasteiger charge is -1.99. The van der Waals surface area contributed by atoms with E-state index >= 15 is 0 Å². The molecule has 0 aromatic carbocycles. The van der Waals surface area contributed by atoms with E-state index in [1.807, 2.05) is 0 Å². The number of pyridine rings is 1. The molecule has 0 bridgehead atoms. The van der Waals surface area contributed by atoms with Gasteiger partial charge in [-0.2, -0.15) is 0 Å². The predicted molar refractivity (Wildman–Crippen MR) is 45.6 cm³/mol. The van der Waals surface area contributed by atoms with Gasteiger partial charge in [0.15, 0.2) is 0 Å². The molecule has 0 N–H and O–H groups in total. The lowest BCUT2D eigenvalue weighted by Crippen LogP contribution is -2.06. The third-order valence-electron chi connectivity index (χ3n) is 1.34. The van der Waals surface area contributed by atoms with E-state index in [9.17, 15) is 9.70 Å². The molecule has 0 unspecified atom stereocenters. The predicted octanol–water partition coefficient (Wildman–Crippen LogP) is 1.66. The zero-order chi connectivity index (χ0) is 9.68. The van der Waals surface area contributed by atoms with Crippen molar-refractivity contribution in [3.8, 4) is 0 Å². The highest BCUT2D eigenvalue weighted by atomic mass is 16.5. The van der Waals surface area contributed by atoms with Gasteiger partial charge in [-0.15, -0.1) is 4.91 Å². The summed E-state index contributed by atoms with van der Waals surface area (Å²) in [4.78, 5) is 24.8. The van der Waals surface area contributed by atoms with Gasteiger partial charge in [0, 0.05) is 0 Å². The highest BCUT2D eigenvalue weighted by molar-refractivity contribution is 5.87. The fourth-order valence-electron chi connectivity index (χ4n) is 0.766. The molecule has 0 spiro atoms. The first-order valence-corrected chi connectivity index (χ1v) is 3.74. The Bertz CT molecular complexity index is 308. The molecule has 0 atom stereocenters. The van der Waals surface area contributed by atoms with Crippen LogP contribution in [0.15, 0.2) is 23.5 Å². The normalized spacial score (nSPS) is 9.31. The van der Waals surface area contributed by atoms with Crippen molar-refractivity contribution in [2.24, 2.45) is 5.18 Å². The molecule has 0 saturated heterocycles. The third kappa shape index (κ3) is 2.33. The van der Waals surface area contributed by atoms with Gasteiger partial charge in [0.05, 0.1) is 12.8 Å². The van der Waals surface area contributed by atoms with E-state index in [4.69, 9.17) is 4.74 Å². The average Bonchev–Trinajstić information content (AvgIpc) is 2.18. The van der Waals surface area contributed by atoms with Crippen molar-refractivity contribution in [3.05, 3.63) is 28.9 Å². The first-order chi connectivity index (χ1) is 6.27. The summed E-state index contributed by atoms with van der Waals surface area (Å²) in [6, 6.07) is 2.81. The van der Waals surface area contributed by atoms with Crippen LogP contribution < -0.4 is 0 Å². The molecule has 0 fully saturated rings. The van der Waals surface area contributed by atoms with Gasteiger partial charge in [0.25, 0.3) is 0 Å². The number of carbonyl (C=O) groups excluding carboxylic acids is 1. The van der Waals surface area contributed by atoms with Gasteiger partial charge < -0.3 is 4.74 Å². The molecule has 5 heteroatoms. The molecular weight excluding hydrogens is 172 g/mol. The van der Waals surface area contributed by atoms with Gasteiger partial charge >= 0.3 is 5.97 Å². The topological polar surface area (TPSA) is 68.6 Å². The largest absolute Gasteiger partial charge is 0.461 e. The van der Waals surface area contributed by atoms with Crippen molar-refractivity contribution in [2.45, 2.75) is 6.92 Å². The van der Waals surface area contributed by atoms with Crippen LogP contribution in [0.2, 0.25) is 0 Å². The number of rotatable bonds is 3. The maximum Gasteiger partial charge on any atom is 0.356 e. The summed E-state index contributed by atoms with van der Waals surface area (Å²) in [6.07, 6.45) is 1.22. The molecule has 0 amide bonds. The molecule has 0 radical (unpaired) electrons. The highest BCUT2D eigenvalue weighted by Crippen LogP contribution is 2.09. The van der Waals surface area contributed by atoms with Crippen molar-refractivity contribution in [3.63, 3.8) is 0 Å². The summed E-state index contributed by atoms with van der Waals surface area (Å²) >= 11 is 0. The molecule has 1 aromatic heterocycles. The minimum atomic E-state index is -0.500. The molecule has 68 valence electrons. The first-order valence-electron chi connectivity index (χ1n) is 3.74. The van der Waals surface area contributed by atoms with Crippen LogP contribution in [-0.4, -0.2) is 17.6 Å². The van der Waals surface area contributed by atoms with Crippen LogP contribution in [0.4, 0.5) is 5.69 Å². The van der Waals surface area contributed by atoms with Crippen LogP contribution in [0.25, 0.3) is 0 Å². The molecule has 1 heterocycles. The summed E-state index contributed by atoms with van der Waals surface area (Å²) in [6.45, 7) is 2.01. The SMILES string of the molecule is CCOC(=O)c1ccc(N=O)cn1. The summed E-state index contributed by atoms with van der Waals surface area (Å²) in [5.74, 6) is -0.500. The van der Waals surface area contributed by atoms with Crippen LogP contribution >= 0.6 is 0 Å². The van der Waals surface area contributed by atoms with Crippen LogP contribution in [0, 0.1) is 4.91 Å². The summed E-state index contributed by atoms with van der Waals surface area (Å²) < 4.78 is 4.69. The van der Waals surface area contributed by atoms with E-state index in [0.29, 0.717) is 6.61 Å². The van der Waals surface area contributed by atoms with E-state index < -0.39 is 5.97 Å². The van der Waals surface area contributed by atoms with Gasteiger partial charge in [0.1, 0.15) is 11.4 Å². The van der Waals surface area contributed by atoms with E-state index in [2.05, 4.69) is 10.2 Å². The monoisotopic (exact) mass is 180 g/mol. The average molecular weight is 180 g/mol. The number of hydrogen-bond acceptors (Lipinski definition) is 5. The second kappa shape index (κ2) is 4.30. The Morgan fingerprint density at radius 1 is 1.62 bits per heavy atom. The summed E-state index contributed by atoms with van der Waals surface area (Å²) in [5, 5.41) is 2.65.